The molecule has 0 fully saturated rings. The lowest BCUT2D eigenvalue weighted by atomic mass is 10.0. The number of carbonyl (C=O) groups excluding carboxylic acids is 2. The van der Waals surface area contributed by atoms with Crippen LogP contribution in [0.4, 0.5) is 0 Å². The van der Waals surface area contributed by atoms with Crippen LogP contribution in [0.15, 0.2) is 34.9 Å². The third kappa shape index (κ3) is 3.64. The monoisotopic (exact) mass is 370 g/mol. The predicted molar refractivity (Wildman–Crippen MR) is 99.2 cm³/mol. The summed E-state index contributed by atoms with van der Waals surface area (Å²) in [6, 6.07) is 7.13. The van der Waals surface area contributed by atoms with Crippen molar-refractivity contribution < 1.29 is 18.7 Å². The van der Waals surface area contributed by atoms with Gasteiger partial charge in [0.15, 0.2) is 0 Å². The molecule has 1 aromatic carbocycles. The van der Waals surface area contributed by atoms with Crippen molar-refractivity contribution in [2.75, 3.05) is 0 Å². The van der Waals surface area contributed by atoms with Gasteiger partial charge in [0.2, 0.25) is 5.91 Å². The van der Waals surface area contributed by atoms with Gasteiger partial charge in [0.25, 0.3) is 5.91 Å². The molecule has 0 aliphatic rings. The number of aryl methyl sites for hydroxylation is 2. The van der Waals surface area contributed by atoms with Crippen LogP contribution in [0.3, 0.4) is 0 Å². The highest BCUT2D eigenvalue weighted by Gasteiger charge is 2.29. The largest absolute Gasteiger partial charge is 0.487 e. The van der Waals surface area contributed by atoms with Crippen LogP contribution in [0.2, 0.25) is 0 Å². The minimum atomic E-state index is -1.18. The molecular formula is C19H22N4O4. The Labute approximate surface area is 156 Å². The van der Waals surface area contributed by atoms with Crippen molar-refractivity contribution in [2.24, 2.45) is 12.8 Å². The smallest absolute Gasteiger partial charge is 0.256 e. The number of ether oxygens (including phenoxy) is 1. The van der Waals surface area contributed by atoms with Crippen molar-refractivity contribution in [2.45, 2.75) is 32.9 Å². The summed E-state index contributed by atoms with van der Waals surface area (Å²) in [7, 11) is 1.84. The molecular weight excluding hydrogens is 348 g/mol. The number of benzene rings is 1. The zero-order valence-corrected chi connectivity index (χ0v) is 15.7. The SMILES string of the molecule is Cc1oc2ccc(OCc3ccnn3C)cc2c1C(=O)NC(C)(C)C(N)=O. The van der Waals surface area contributed by atoms with Crippen molar-refractivity contribution in [3.05, 3.63) is 47.5 Å². The number of furan rings is 1. The number of nitrogens with zero attached hydrogens (tertiary/aromatic N) is 2. The quantitative estimate of drug-likeness (QED) is 0.689. The highest BCUT2D eigenvalue weighted by atomic mass is 16.5. The molecule has 8 nitrogen and oxygen atoms in total. The van der Waals surface area contributed by atoms with Crippen LogP contribution in [-0.2, 0) is 18.4 Å². The van der Waals surface area contributed by atoms with Gasteiger partial charge in [-0.3, -0.25) is 14.3 Å². The molecule has 0 saturated carbocycles. The average Bonchev–Trinajstić information content (AvgIpc) is 3.13. The third-order valence-electron chi connectivity index (χ3n) is 4.41. The molecule has 0 aliphatic heterocycles. The molecule has 3 aromatic rings. The fourth-order valence-electron chi connectivity index (χ4n) is 2.68. The van der Waals surface area contributed by atoms with E-state index in [0.29, 0.717) is 34.6 Å². The zero-order chi connectivity index (χ0) is 19.8. The molecule has 2 amide bonds. The maximum Gasteiger partial charge on any atom is 0.256 e. The Bertz CT molecular complexity index is 1020. The minimum absolute atomic E-state index is 0.342. The van der Waals surface area contributed by atoms with Crippen LogP contribution in [-0.4, -0.2) is 27.1 Å². The third-order valence-corrected chi connectivity index (χ3v) is 4.41. The first-order chi connectivity index (χ1) is 12.7. The number of carbonyl (C=O) groups is 2. The molecule has 0 spiro atoms. The summed E-state index contributed by atoms with van der Waals surface area (Å²) in [5, 5.41) is 7.35. The molecule has 0 bridgehead atoms. The second-order valence-electron chi connectivity index (χ2n) is 6.87. The summed E-state index contributed by atoms with van der Waals surface area (Å²) in [6.45, 7) is 5.14. The average molecular weight is 370 g/mol. The maximum absolute atomic E-state index is 12.7. The van der Waals surface area contributed by atoms with Crippen molar-refractivity contribution in [1.29, 1.82) is 0 Å². The summed E-state index contributed by atoms with van der Waals surface area (Å²) in [5.74, 6) is -0.0143. The van der Waals surface area contributed by atoms with Crippen molar-refractivity contribution >= 4 is 22.8 Å². The molecule has 0 atom stereocenters. The van der Waals surface area contributed by atoms with Crippen LogP contribution in [0.25, 0.3) is 11.0 Å². The van der Waals surface area contributed by atoms with E-state index in [1.807, 2.05) is 13.1 Å². The van der Waals surface area contributed by atoms with Crippen LogP contribution >= 0.6 is 0 Å². The molecule has 142 valence electrons. The van der Waals surface area contributed by atoms with E-state index in [-0.39, 0.29) is 0 Å². The van der Waals surface area contributed by atoms with E-state index in [1.54, 1.807) is 49.8 Å². The molecule has 0 unspecified atom stereocenters. The van der Waals surface area contributed by atoms with Gasteiger partial charge < -0.3 is 20.2 Å². The van der Waals surface area contributed by atoms with E-state index in [9.17, 15) is 9.59 Å². The van der Waals surface area contributed by atoms with Gasteiger partial charge in [-0.2, -0.15) is 5.10 Å². The second kappa shape index (κ2) is 6.79. The fourth-order valence-corrected chi connectivity index (χ4v) is 2.68. The zero-order valence-electron chi connectivity index (χ0n) is 15.7. The van der Waals surface area contributed by atoms with Gasteiger partial charge in [-0.1, -0.05) is 0 Å². The van der Waals surface area contributed by atoms with Crippen LogP contribution in [0.1, 0.15) is 35.7 Å². The lowest BCUT2D eigenvalue weighted by Crippen LogP contribution is -2.53. The topological polar surface area (TPSA) is 112 Å². The predicted octanol–water partition coefficient (Wildman–Crippen LogP) is 2.05. The van der Waals surface area contributed by atoms with Crippen molar-refractivity contribution in [1.82, 2.24) is 15.1 Å². The second-order valence-corrected chi connectivity index (χ2v) is 6.87. The number of fused-ring (bicyclic) bond motifs is 1. The van der Waals surface area contributed by atoms with Gasteiger partial charge in [-0.15, -0.1) is 0 Å². The lowest BCUT2D eigenvalue weighted by molar-refractivity contribution is -0.122. The molecule has 2 heterocycles. The molecule has 8 heteroatoms. The molecule has 0 radical (unpaired) electrons. The first kappa shape index (κ1) is 18.5. The maximum atomic E-state index is 12.7. The molecule has 0 saturated heterocycles. The number of hydrogen-bond acceptors (Lipinski definition) is 5. The summed E-state index contributed by atoms with van der Waals surface area (Å²) < 4.78 is 13.2. The van der Waals surface area contributed by atoms with Crippen molar-refractivity contribution in [3.63, 3.8) is 0 Å². The van der Waals surface area contributed by atoms with Gasteiger partial charge in [-0.25, -0.2) is 0 Å². The van der Waals surface area contributed by atoms with E-state index in [1.165, 1.54) is 0 Å². The van der Waals surface area contributed by atoms with E-state index in [2.05, 4.69) is 10.4 Å². The van der Waals surface area contributed by atoms with Crippen LogP contribution in [0.5, 0.6) is 5.75 Å². The fraction of sp³-hybridized carbons (Fsp3) is 0.316. The Balaban J connectivity index is 1.89. The normalized spacial score (nSPS) is 11.6. The van der Waals surface area contributed by atoms with Gasteiger partial charge in [0, 0.05) is 18.6 Å². The van der Waals surface area contributed by atoms with E-state index < -0.39 is 17.4 Å². The number of hydrogen-bond donors (Lipinski definition) is 2. The Kier molecular flexibility index (Phi) is 4.65. The molecule has 27 heavy (non-hydrogen) atoms. The van der Waals surface area contributed by atoms with Crippen molar-refractivity contribution in [3.8, 4) is 5.75 Å². The number of aromatic nitrogens is 2. The Hall–Kier alpha value is -3.29. The number of rotatable bonds is 6. The highest BCUT2D eigenvalue weighted by molar-refractivity contribution is 6.09. The summed E-state index contributed by atoms with van der Waals surface area (Å²) in [4.78, 5) is 24.2. The van der Waals surface area contributed by atoms with E-state index >= 15 is 0 Å². The first-order valence-electron chi connectivity index (χ1n) is 8.44. The summed E-state index contributed by atoms with van der Waals surface area (Å²) in [5.41, 5.74) is 5.99. The Morgan fingerprint density at radius 1 is 1.33 bits per heavy atom. The van der Waals surface area contributed by atoms with Gasteiger partial charge in [0.1, 0.15) is 29.2 Å². The molecule has 2 aromatic heterocycles. The molecule has 0 aliphatic carbocycles. The first-order valence-corrected chi connectivity index (χ1v) is 8.44. The number of amides is 2. The highest BCUT2D eigenvalue weighted by Crippen LogP contribution is 2.29. The standard InChI is InChI=1S/C19H22N4O4/c1-11-16(17(24)22-19(2,3)18(20)25)14-9-13(5-6-15(14)27-11)26-10-12-7-8-21-23(12)4/h5-9H,10H2,1-4H3,(H2,20,25)(H,22,24). The van der Waals surface area contributed by atoms with E-state index in [4.69, 9.17) is 14.9 Å². The lowest BCUT2D eigenvalue weighted by Gasteiger charge is -2.22. The number of nitrogens with two attached hydrogens (primary N) is 1. The summed E-state index contributed by atoms with van der Waals surface area (Å²) in [6.07, 6.45) is 1.70. The number of primary amides is 1. The molecule has 3 N–H and O–H groups in total. The summed E-state index contributed by atoms with van der Waals surface area (Å²) >= 11 is 0. The molecule has 3 rings (SSSR count). The number of nitrogens with one attached hydrogen (secondary N) is 1. The Morgan fingerprint density at radius 2 is 2.07 bits per heavy atom. The van der Waals surface area contributed by atoms with Crippen LogP contribution < -0.4 is 15.8 Å². The Morgan fingerprint density at radius 3 is 2.70 bits per heavy atom. The van der Waals surface area contributed by atoms with Gasteiger partial charge in [0.05, 0.1) is 11.3 Å². The van der Waals surface area contributed by atoms with Crippen LogP contribution in [0, 0.1) is 6.92 Å². The minimum Gasteiger partial charge on any atom is -0.487 e. The van der Waals surface area contributed by atoms with E-state index in [0.717, 1.165) is 5.69 Å². The van der Waals surface area contributed by atoms with Gasteiger partial charge >= 0.3 is 0 Å². The van der Waals surface area contributed by atoms with Gasteiger partial charge in [-0.05, 0) is 45.0 Å².